The molecule has 7 heteroatoms. The van der Waals surface area contributed by atoms with E-state index < -0.39 is 6.04 Å². The number of nitrogens with one attached hydrogen (secondary N) is 3. The molecule has 3 N–H and O–H groups in total. The minimum Gasteiger partial charge on any atom is -0.357 e. The second kappa shape index (κ2) is 8.72. The van der Waals surface area contributed by atoms with Crippen molar-refractivity contribution in [2.24, 2.45) is 0 Å². The summed E-state index contributed by atoms with van der Waals surface area (Å²) in [5.74, 6) is 0.154. The lowest BCUT2D eigenvalue weighted by atomic mass is 10.2. The number of thiol groups is 2. The third kappa shape index (κ3) is 5.09. The monoisotopic (exact) mass is 265 g/mol. The molecule has 0 aliphatic carbocycles. The number of carbonyl (C=O) groups excluding carboxylic acids is 2. The van der Waals surface area contributed by atoms with Gasteiger partial charge in [0.25, 0.3) is 0 Å². The Bertz CT molecular complexity index is 239. The van der Waals surface area contributed by atoms with Crippen LogP contribution in [-0.4, -0.2) is 49.0 Å². The standard InChI is InChI=1S/C9H19N3O2S2/c1-3-11-6(4-15)9(14)12-7(5-16)8(13)10-2/h6-7,11,15-16H,3-5H2,1-2H3,(H,10,13)(H,12,14). The van der Waals surface area contributed by atoms with Gasteiger partial charge in [-0.05, 0) is 6.54 Å². The molecule has 2 unspecified atom stereocenters. The van der Waals surface area contributed by atoms with Gasteiger partial charge in [-0.25, -0.2) is 0 Å². The Morgan fingerprint density at radius 3 is 2.06 bits per heavy atom. The summed E-state index contributed by atoms with van der Waals surface area (Å²) in [7, 11) is 1.52. The smallest absolute Gasteiger partial charge is 0.243 e. The van der Waals surface area contributed by atoms with Crippen molar-refractivity contribution in [2.45, 2.75) is 19.0 Å². The summed E-state index contributed by atoms with van der Waals surface area (Å²) in [6.45, 7) is 2.57. The Balaban J connectivity index is 4.32. The second-order valence-corrected chi connectivity index (χ2v) is 3.88. The average molecular weight is 265 g/mol. The maximum atomic E-state index is 11.7. The van der Waals surface area contributed by atoms with E-state index in [1.807, 2.05) is 6.92 Å². The van der Waals surface area contributed by atoms with E-state index in [1.165, 1.54) is 7.05 Å². The minimum atomic E-state index is -0.609. The fourth-order valence-electron chi connectivity index (χ4n) is 1.13. The van der Waals surface area contributed by atoms with Gasteiger partial charge < -0.3 is 16.0 Å². The average Bonchev–Trinajstić information content (AvgIpc) is 2.31. The van der Waals surface area contributed by atoms with E-state index >= 15 is 0 Å². The molecule has 0 radical (unpaired) electrons. The zero-order valence-corrected chi connectivity index (χ0v) is 11.3. The molecule has 0 spiro atoms. The van der Waals surface area contributed by atoms with Gasteiger partial charge in [0.15, 0.2) is 0 Å². The SMILES string of the molecule is CCNC(CS)C(=O)NC(CS)C(=O)NC. The first kappa shape index (κ1) is 15.6. The molecule has 2 amide bonds. The normalized spacial score (nSPS) is 14.0. The molecule has 2 atom stereocenters. The fourth-order valence-corrected chi connectivity index (χ4v) is 1.68. The summed E-state index contributed by atoms with van der Waals surface area (Å²) < 4.78 is 0. The first-order chi connectivity index (χ1) is 7.60. The third-order valence-electron chi connectivity index (χ3n) is 2.01. The number of rotatable bonds is 7. The molecule has 0 heterocycles. The van der Waals surface area contributed by atoms with Gasteiger partial charge in [0.05, 0.1) is 6.04 Å². The highest BCUT2D eigenvalue weighted by atomic mass is 32.1. The van der Waals surface area contributed by atoms with Crippen molar-refractivity contribution < 1.29 is 9.59 Å². The van der Waals surface area contributed by atoms with Gasteiger partial charge in [0.2, 0.25) is 11.8 Å². The number of carbonyl (C=O) groups is 2. The van der Waals surface area contributed by atoms with Crippen molar-refractivity contribution in [3.8, 4) is 0 Å². The van der Waals surface area contributed by atoms with Crippen molar-refractivity contribution in [3.05, 3.63) is 0 Å². The molecule has 0 aromatic carbocycles. The molecular formula is C9H19N3O2S2. The molecule has 16 heavy (non-hydrogen) atoms. The van der Waals surface area contributed by atoms with Crippen LogP contribution in [0.5, 0.6) is 0 Å². The number of amides is 2. The Labute approximate surface area is 107 Å². The van der Waals surface area contributed by atoms with E-state index in [0.717, 1.165) is 0 Å². The Hall–Kier alpha value is -0.400. The van der Waals surface area contributed by atoms with Crippen molar-refractivity contribution in [2.75, 3.05) is 25.1 Å². The number of hydrogen-bond donors (Lipinski definition) is 5. The van der Waals surface area contributed by atoms with Gasteiger partial charge in [-0.15, -0.1) is 0 Å². The van der Waals surface area contributed by atoms with Crippen LogP contribution < -0.4 is 16.0 Å². The quantitative estimate of drug-likeness (QED) is 0.386. The summed E-state index contributed by atoms with van der Waals surface area (Å²) in [6.07, 6.45) is 0. The summed E-state index contributed by atoms with van der Waals surface area (Å²) in [5.41, 5.74) is 0. The van der Waals surface area contributed by atoms with Crippen LogP contribution in [0.2, 0.25) is 0 Å². The first-order valence-electron chi connectivity index (χ1n) is 5.07. The molecule has 0 aliphatic heterocycles. The maximum Gasteiger partial charge on any atom is 0.243 e. The summed E-state index contributed by atoms with van der Waals surface area (Å²) >= 11 is 8.09. The van der Waals surface area contributed by atoms with Crippen molar-refractivity contribution in [1.29, 1.82) is 0 Å². The molecule has 0 rings (SSSR count). The van der Waals surface area contributed by atoms with Crippen LogP contribution in [-0.2, 0) is 9.59 Å². The predicted octanol–water partition coefficient (Wildman–Crippen LogP) is -0.945. The lowest BCUT2D eigenvalue weighted by molar-refractivity contribution is -0.128. The van der Waals surface area contributed by atoms with Gasteiger partial charge in [-0.2, -0.15) is 25.3 Å². The van der Waals surface area contributed by atoms with Gasteiger partial charge in [0.1, 0.15) is 6.04 Å². The van der Waals surface area contributed by atoms with Crippen molar-refractivity contribution in [1.82, 2.24) is 16.0 Å². The first-order valence-corrected chi connectivity index (χ1v) is 6.34. The molecule has 0 aromatic heterocycles. The van der Waals surface area contributed by atoms with Gasteiger partial charge in [-0.3, -0.25) is 9.59 Å². The molecule has 0 aromatic rings. The van der Waals surface area contributed by atoms with Crippen LogP contribution in [0.1, 0.15) is 6.92 Å². The Morgan fingerprint density at radius 2 is 1.69 bits per heavy atom. The molecule has 0 aliphatic rings. The van der Waals surface area contributed by atoms with Gasteiger partial charge >= 0.3 is 0 Å². The molecule has 94 valence electrons. The van der Waals surface area contributed by atoms with Crippen LogP contribution in [0, 0.1) is 0 Å². The largest absolute Gasteiger partial charge is 0.357 e. The van der Waals surface area contributed by atoms with Crippen LogP contribution >= 0.6 is 25.3 Å². The molecule has 0 bridgehead atoms. The van der Waals surface area contributed by atoms with Crippen LogP contribution in [0.15, 0.2) is 0 Å². The van der Waals surface area contributed by atoms with E-state index in [2.05, 4.69) is 41.2 Å². The van der Waals surface area contributed by atoms with E-state index in [0.29, 0.717) is 12.3 Å². The van der Waals surface area contributed by atoms with Crippen molar-refractivity contribution in [3.63, 3.8) is 0 Å². The molecule has 0 saturated heterocycles. The summed E-state index contributed by atoms with van der Waals surface area (Å²) in [6, 6.07) is -0.998. The predicted molar refractivity (Wildman–Crippen MR) is 71.2 cm³/mol. The number of hydrogen-bond acceptors (Lipinski definition) is 5. The number of likely N-dealkylation sites (N-methyl/N-ethyl adjacent to an activating group) is 2. The summed E-state index contributed by atoms with van der Waals surface area (Å²) in [5, 5.41) is 8.06. The zero-order valence-electron chi connectivity index (χ0n) is 9.49. The van der Waals surface area contributed by atoms with E-state index in [-0.39, 0.29) is 23.6 Å². The highest BCUT2D eigenvalue weighted by molar-refractivity contribution is 7.80. The van der Waals surface area contributed by atoms with Crippen molar-refractivity contribution >= 4 is 37.1 Å². The lowest BCUT2D eigenvalue weighted by Crippen LogP contribution is -2.53. The minimum absolute atomic E-state index is 0.237. The van der Waals surface area contributed by atoms with Gasteiger partial charge in [-0.1, -0.05) is 6.92 Å². The molecule has 0 fully saturated rings. The van der Waals surface area contributed by atoms with Crippen LogP contribution in [0.25, 0.3) is 0 Å². The topological polar surface area (TPSA) is 70.2 Å². The van der Waals surface area contributed by atoms with E-state index in [1.54, 1.807) is 0 Å². The highest BCUT2D eigenvalue weighted by Gasteiger charge is 2.22. The second-order valence-electron chi connectivity index (χ2n) is 3.15. The van der Waals surface area contributed by atoms with Crippen LogP contribution in [0.4, 0.5) is 0 Å². The maximum absolute atomic E-state index is 11.7. The zero-order chi connectivity index (χ0) is 12.6. The fraction of sp³-hybridized carbons (Fsp3) is 0.778. The summed E-state index contributed by atoms with van der Waals surface area (Å²) in [4.78, 5) is 23.1. The lowest BCUT2D eigenvalue weighted by Gasteiger charge is -2.19. The molecule has 0 saturated carbocycles. The van der Waals surface area contributed by atoms with Gasteiger partial charge in [0, 0.05) is 18.6 Å². The Morgan fingerprint density at radius 1 is 1.12 bits per heavy atom. The van der Waals surface area contributed by atoms with Crippen LogP contribution in [0.3, 0.4) is 0 Å². The highest BCUT2D eigenvalue weighted by Crippen LogP contribution is 1.93. The van der Waals surface area contributed by atoms with E-state index in [9.17, 15) is 9.59 Å². The Kier molecular flexibility index (Phi) is 8.50. The van der Waals surface area contributed by atoms with E-state index in [4.69, 9.17) is 0 Å². The molecular weight excluding hydrogens is 246 g/mol. The third-order valence-corrected chi connectivity index (χ3v) is 2.74. The molecule has 5 nitrogen and oxygen atoms in total.